The lowest BCUT2D eigenvalue weighted by Crippen LogP contribution is -2.32. The maximum Gasteiger partial charge on any atom is 0.227 e. The molecule has 0 aliphatic heterocycles. The number of aryl methyl sites for hydroxylation is 1. The van der Waals surface area contributed by atoms with Crippen molar-refractivity contribution in [1.29, 1.82) is 0 Å². The lowest BCUT2D eigenvalue weighted by atomic mass is 9.81. The highest BCUT2D eigenvalue weighted by Gasteiger charge is 2.30. The van der Waals surface area contributed by atoms with Crippen molar-refractivity contribution >= 4 is 34.8 Å². The molecule has 4 nitrogen and oxygen atoms in total. The van der Waals surface area contributed by atoms with Gasteiger partial charge in [-0.3, -0.25) is 9.59 Å². The second-order valence-electron chi connectivity index (χ2n) is 6.90. The summed E-state index contributed by atoms with van der Waals surface area (Å²) in [6, 6.07) is 14.9. The first-order valence-electron chi connectivity index (χ1n) is 8.95. The third-order valence-electron chi connectivity index (χ3n) is 4.88. The summed E-state index contributed by atoms with van der Waals surface area (Å²) in [6.45, 7) is 2.02. The number of hydrogen-bond donors (Lipinski definition) is 2. The van der Waals surface area contributed by atoms with E-state index in [-0.39, 0.29) is 23.7 Å². The number of amides is 2. The number of carbonyl (C=O) groups is 2. The molecule has 1 fully saturated rings. The van der Waals surface area contributed by atoms with Gasteiger partial charge in [0.05, 0.1) is 0 Å². The van der Waals surface area contributed by atoms with E-state index < -0.39 is 0 Å². The molecule has 0 spiro atoms. The largest absolute Gasteiger partial charge is 0.326 e. The molecule has 0 saturated heterocycles. The molecule has 26 heavy (non-hydrogen) atoms. The van der Waals surface area contributed by atoms with Crippen LogP contribution in [0, 0.1) is 18.8 Å². The second-order valence-corrected chi connectivity index (χ2v) is 7.34. The predicted molar refractivity (Wildman–Crippen MR) is 105 cm³/mol. The van der Waals surface area contributed by atoms with E-state index >= 15 is 0 Å². The van der Waals surface area contributed by atoms with Crippen LogP contribution in [0.5, 0.6) is 0 Å². The first-order chi connectivity index (χ1) is 12.5. The first-order valence-corrected chi connectivity index (χ1v) is 9.33. The Balaban J connectivity index is 1.49. The maximum atomic E-state index is 12.4. The number of halogens is 1. The van der Waals surface area contributed by atoms with Gasteiger partial charge < -0.3 is 10.6 Å². The van der Waals surface area contributed by atoms with Crippen molar-refractivity contribution in [3.63, 3.8) is 0 Å². The smallest absolute Gasteiger partial charge is 0.227 e. The van der Waals surface area contributed by atoms with Crippen LogP contribution < -0.4 is 10.6 Å². The van der Waals surface area contributed by atoms with Crippen LogP contribution in [0.3, 0.4) is 0 Å². The van der Waals surface area contributed by atoms with E-state index in [0.717, 1.165) is 36.9 Å². The van der Waals surface area contributed by atoms with E-state index in [1.54, 1.807) is 12.1 Å². The van der Waals surface area contributed by atoms with Crippen LogP contribution in [0.2, 0.25) is 5.02 Å². The minimum atomic E-state index is -0.0580. The monoisotopic (exact) mass is 370 g/mol. The third kappa shape index (κ3) is 4.85. The van der Waals surface area contributed by atoms with Gasteiger partial charge in [0, 0.05) is 28.2 Å². The van der Waals surface area contributed by atoms with Gasteiger partial charge in [-0.05, 0) is 62.9 Å². The lowest BCUT2D eigenvalue weighted by Gasteiger charge is -2.27. The van der Waals surface area contributed by atoms with Crippen molar-refractivity contribution in [3.05, 3.63) is 59.1 Å². The van der Waals surface area contributed by atoms with Crippen LogP contribution in [-0.4, -0.2) is 11.8 Å². The molecule has 1 aliphatic rings. The summed E-state index contributed by atoms with van der Waals surface area (Å²) in [5, 5.41) is 6.49. The molecular formula is C21H23ClN2O2. The molecule has 1 aliphatic carbocycles. The van der Waals surface area contributed by atoms with Crippen molar-refractivity contribution in [3.8, 4) is 0 Å². The van der Waals surface area contributed by atoms with Crippen molar-refractivity contribution in [2.45, 2.75) is 32.6 Å². The Morgan fingerprint density at radius 1 is 0.846 bits per heavy atom. The Labute approximate surface area is 158 Å². The highest BCUT2D eigenvalue weighted by atomic mass is 35.5. The predicted octanol–water partition coefficient (Wildman–Crippen LogP) is 5.03. The Kier molecular flexibility index (Phi) is 5.94. The standard InChI is InChI=1S/C21H23ClN2O2/c1-14-5-11-18(12-6-14)23-20(25)15-7-9-16(10-8-15)21(26)24-19-4-2-3-17(22)13-19/h2-6,11-13,15-16H,7-10H2,1H3,(H,23,25)(H,24,26). The first kappa shape index (κ1) is 18.5. The molecular weight excluding hydrogens is 348 g/mol. The van der Waals surface area contributed by atoms with E-state index in [9.17, 15) is 9.59 Å². The normalized spacial score (nSPS) is 19.6. The van der Waals surface area contributed by atoms with Gasteiger partial charge in [-0.25, -0.2) is 0 Å². The summed E-state index contributed by atoms with van der Waals surface area (Å²) >= 11 is 5.95. The Morgan fingerprint density at radius 2 is 1.38 bits per heavy atom. The lowest BCUT2D eigenvalue weighted by molar-refractivity contribution is -0.125. The SMILES string of the molecule is Cc1ccc(NC(=O)C2CCC(C(=O)Nc3cccc(Cl)c3)CC2)cc1. The Bertz CT molecular complexity index is 781. The maximum absolute atomic E-state index is 12.4. The number of anilines is 2. The second kappa shape index (κ2) is 8.37. The van der Waals surface area contributed by atoms with Gasteiger partial charge in [0.25, 0.3) is 0 Å². The topological polar surface area (TPSA) is 58.2 Å². The molecule has 136 valence electrons. The minimum Gasteiger partial charge on any atom is -0.326 e. The summed E-state index contributed by atoms with van der Waals surface area (Å²) in [5.41, 5.74) is 2.69. The van der Waals surface area contributed by atoms with Crippen LogP contribution in [0.15, 0.2) is 48.5 Å². The molecule has 0 bridgehead atoms. The molecule has 0 heterocycles. The molecule has 2 aromatic carbocycles. The highest BCUT2D eigenvalue weighted by molar-refractivity contribution is 6.30. The van der Waals surface area contributed by atoms with Crippen LogP contribution in [0.25, 0.3) is 0 Å². The van der Waals surface area contributed by atoms with Gasteiger partial charge in [-0.2, -0.15) is 0 Å². The average molecular weight is 371 g/mol. The molecule has 1 saturated carbocycles. The van der Waals surface area contributed by atoms with Gasteiger partial charge >= 0.3 is 0 Å². The van der Waals surface area contributed by atoms with Gasteiger partial charge in [0.1, 0.15) is 0 Å². The number of carbonyl (C=O) groups excluding carboxylic acids is 2. The third-order valence-corrected chi connectivity index (χ3v) is 5.12. The molecule has 0 unspecified atom stereocenters. The van der Waals surface area contributed by atoms with Crippen LogP contribution in [0.4, 0.5) is 11.4 Å². The fourth-order valence-electron chi connectivity index (χ4n) is 3.31. The molecule has 0 radical (unpaired) electrons. The summed E-state index contributed by atoms with van der Waals surface area (Å²) in [6.07, 6.45) is 2.90. The number of rotatable bonds is 4. The highest BCUT2D eigenvalue weighted by Crippen LogP contribution is 2.31. The van der Waals surface area contributed by atoms with E-state index in [2.05, 4.69) is 10.6 Å². The molecule has 5 heteroatoms. The van der Waals surface area contributed by atoms with Crippen LogP contribution in [-0.2, 0) is 9.59 Å². The summed E-state index contributed by atoms with van der Waals surface area (Å²) in [5.74, 6) is -0.0452. The van der Waals surface area contributed by atoms with Crippen molar-refractivity contribution in [2.75, 3.05) is 10.6 Å². The van der Waals surface area contributed by atoms with Crippen LogP contribution >= 0.6 is 11.6 Å². The Morgan fingerprint density at radius 3 is 1.92 bits per heavy atom. The zero-order valence-corrected chi connectivity index (χ0v) is 15.6. The van der Waals surface area contributed by atoms with E-state index in [1.807, 2.05) is 43.3 Å². The number of benzene rings is 2. The zero-order valence-electron chi connectivity index (χ0n) is 14.8. The molecule has 3 rings (SSSR count). The molecule has 2 N–H and O–H groups in total. The van der Waals surface area contributed by atoms with Gasteiger partial charge in [-0.15, -0.1) is 0 Å². The average Bonchev–Trinajstić information content (AvgIpc) is 2.64. The van der Waals surface area contributed by atoms with Crippen molar-refractivity contribution < 1.29 is 9.59 Å². The number of nitrogens with one attached hydrogen (secondary N) is 2. The fraction of sp³-hybridized carbons (Fsp3) is 0.333. The van der Waals surface area contributed by atoms with E-state index in [0.29, 0.717) is 10.7 Å². The van der Waals surface area contributed by atoms with Gasteiger partial charge in [0.2, 0.25) is 11.8 Å². The molecule has 2 aromatic rings. The quantitative estimate of drug-likeness (QED) is 0.792. The zero-order chi connectivity index (χ0) is 18.5. The summed E-state index contributed by atoms with van der Waals surface area (Å²) in [4.78, 5) is 24.9. The fourth-order valence-corrected chi connectivity index (χ4v) is 3.50. The van der Waals surface area contributed by atoms with E-state index in [4.69, 9.17) is 11.6 Å². The molecule has 2 amide bonds. The Hall–Kier alpha value is -2.33. The molecule has 0 atom stereocenters. The van der Waals surface area contributed by atoms with Gasteiger partial charge in [-0.1, -0.05) is 35.4 Å². The molecule has 0 aromatic heterocycles. The van der Waals surface area contributed by atoms with Crippen molar-refractivity contribution in [1.82, 2.24) is 0 Å². The minimum absolute atomic E-state index is 0.00431. The van der Waals surface area contributed by atoms with Gasteiger partial charge in [0.15, 0.2) is 0 Å². The van der Waals surface area contributed by atoms with E-state index in [1.165, 1.54) is 0 Å². The van der Waals surface area contributed by atoms with Crippen LogP contribution in [0.1, 0.15) is 31.2 Å². The summed E-state index contributed by atoms with van der Waals surface area (Å²) in [7, 11) is 0. The number of hydrogen-bond acceptors (Lipinski definition) is 2. The van der Waals surface area contributed by atoms with Crippen molar-refractivity contribution in [2.24, 2.45) is 11.8 Å². The summed E-state index contributed by atoms with van der Waals surface area (Å²) < 4.78 is 0.